The molecule has 1 unspecified atom stereocenters. The van der Waals surface area contributed by atoms with Crippen LogP contribution in [-0.2, 0) is 0 Å². The largest absolute Gasteiger partial charge is 0.351 e. The van der Waals surface area contributed by atoms with Crippen molar-refractivity contribution in [3.8, 4) is 0 Å². The van der Waals surface area contributed by atoms with Crippen LogP contribution in [0.2, 0.25) is 5.28 Å². The first-order chi connectivity index (χ1) is 8.24. The number of piperazine rings is 1. The summed E-state index contributed by atoms with van der Waals surface area (Å²) in [5.74, 6) is -0.0441. The summed E-state index contributed by atoms with van der Waals surface area (Å²) in [6.07, 6.45) is 3.58. The Morgan fingerprint density at radius 2 is 2.24 bits per heavy atom. The number of aromatic nitrogens is 2. The Kier molecular flexibility index (Phi) is 2.88. The SMILES string of the molecule is Fc1cnc(Cl)nc1N1CCN2CCCC2C1. The maximum Gasteiger partial charge on any atom is 0.224 e. The van der Waals surface area contributed by atoms with E-state index in [2.05, 4.69) is 14.9 Å². The molecule has 0 spiro atoms. The van der Waals surface area contributed by atoms with Crippen LogP contribution in [0.1, 0.15) is 12.8 Å². The van der Waals surface area contributed by atoms with Gasteiger partial charge in [0, 0.05) is 25.7 Å². The zero-order valence-corrected chi connectivity index (χ0v) is 10.2. The smallest absolute Gasteiger partial charge is 0.224 e. The molecule has 0 radical (unpaired) electrons. The molecule has 0 aromatic carbocycles. The molecule has 0 bridgehead atoms. The number of halogens is 2. The van der Waals surface area contributed by atoms with Gasteiger partial charge in [-0.2, -0.15) is 4.98 Å². The molecular formula is C11H14ClFN4. The highest BCUT2D eigenvalue weighted by molar-refractivity contribution is 6.28. The van der Waals surface area contributed by atoms with Crippen LogP contribution >= 0.6 is 11.6 Å². The molecule has 4 nitrogen and oxygen atoms in total. The molecule has 6 heteroatoms. The van der Waals surface area contributed by atoms with Gasteiger partial charge in [0.25, 0.3) is 0 Å². The predicted molar refractivity (Wildman–Crippen MR) is 63.8 cm³/mol. The van der Waals surface area contributed by atoms with E-state index in [9.17, 15) is 4.39 Å². The van der Waals surface area contributed by atoms with Gasteiger partial charge in [-0.1, -0.05) is 0 Å². The van der Waals surface area contributed by atoms with Gasteiger partial charge in [0.05, 0.1) is 6.20 Å². The molecule has 17 heavy (non-hydrogen) atoms. The fourth-order valence-electron chi connectivity index (χ4n) is 2.74. The maximum absolute atomic E-state index is 13.7. The quantitative estimate of drug-likeness (QED) is 0.714. The Labute approximate surface area is 104 Å². The summed E-state index contributed by atoms with van der Waals surface area (Å²) in [7, 11) is 0. The molecule has 2 saturated heterocycles. The predicted octanol–water partition coefficient (Wildman–Crippen LogP) is 1.55. The minimum Gasteiger partial charge on any atom is -0.351 e. The van der Waals surface area contributed by atoms with Gasteiger partial charge >= 0.3 is 0 Å². The Bertz CT molecular complexity index is 428. The van der Waals surface area contributed by atoms with Crippen LogP contribution in [0.25, 0.3) is 0 Å². The molecule has 2 fully saturated rings. The Morgan fingerprint density at radius 3 is 3.12 bits per heavy atom. The molecule has 3 heterocycles. The molecule has 1 aromatic heterocycles. The maximum atomic E-state index is 13.7. The highest BCUT2D eigenvalue weighted by Crippen LogP contribution is 2.26. The van der Waals surface area contributed by atoms with Crippen LogP contribution in [0, 0.1) is 5.82 Å². The fraction of sp³-hybridized carbons (Fsp3) is 0.636. The first kappa shape index (κ1) is 11.2. The molecule has 0 N–H and O–H groups in total. The monoisotopic (exact) mass is 256 g/mol. The zero-order valence-electron chi connectivity index (χ0n) is 9.44. The van der Waals surface area contributed by atoms with Crippen molar-refractivity contribution in [2.24, 2.45) is 0 Å². The minimum atomic E-state index is -0.388. The second-order valence-electron chi connectivity index (χ2n) is 4.59. The lowest BCUT2D eigenvalue weighted by molar-refractivity contribution is 0.229. The van der Waals surface area contributed by atoms with Crippen molar-refractivity contribution in [3.63, 3.8) is 0 Å². The molecule has 0 saturated carbocycles. The molecule has 1 atom stereocenters. The van der Waals surface area contributed by atoms with E-state index in [1.807, 2.05) is 4.90 Å². The van der Waals surface area contributed by atoms with Crippen molar-refractivity contribution >= 4 is 17.4 Å². The first-order valence-electron chi connectivity index (χ1n) is 5.91. The van der Waals surface area contributed by atoms with E-state index in [4.69, 9.17) is 11.6 Å². The topological polar surface area (TPSA) is 32.3 Å². The lowest BCUT2D eigenvalue weighted by Crippen LogP contribution is -2.50. The van der Waals surface area contributed by atoms with Gasteiger partial charge in [0.1, 0.15) is 0 Å². The van der Waals surface area contributed by atoms with E-state index >= 15 is 0 Å². The van der Waals surface area contributed by atoms with Crippen molar-refractivity contribution in [2.75, 3.05) is 31.1 Å². The van der Waals surface area contributed by atoms with E-state index in [-0.39, 0.29) is 11.1 Å². The van der Waals surface area contributed by atoms with Gasteiger partial charge in [-0.25, -0.2) is 9.37 Å². The summed E-state index contributed by atoms with van der Waals surface area (Å²) in [5.41, 5.74) is 0. The van der Waals surface area contributed by atoms with Crippen LogP contribution in [0.15, 0.2) is 6.20 Å². The minimum absolute atomic E-state index is 0.107. The normalized spacial score (nSPS) is 25.1. The Hall–Kier alpha value is -0.940. The van der Waals surface area contributed by atoms with E-state index in [0.717, 1.165) is 25.8 Å². The van der Waals surface area contributed by atoms with Gasteiger partial charge in [-0.3, -0.25) is 4.90 Å². The number of rotatable bonds is 1. The third-order valence-electron chi connectivity index (χ3n) is 3.58. The van der Waals surface area contributed by atoms with Crippen LogP contribution in [-0.4, -0.2) is 47.1 Å². The summed E-state index contributed by atoms with van der Waals surface area (Å²) in [5, 5.41) is 0.107. The third-order valence-corrected chi connectivity index (χ3v) is 3.77. The standard InChI is InChI=1S/C11H14ClFN4/c12-11-14-6-9(13)10(15-11)17-5-4-16-3-1-2-8(16)7-17/h6,8H,1-5,7H2. The number of hydrogen-bond acceptors (Lipinski definition) is 4. The highest BCUT2D eigenvalue weighted by atomic mass is 35.5. The van der Waals surface area contributed by atoms with Crippen molar-refractivity contribution in [2.45, 2.75) is 18.9 Å². The van der Waals surface area contributed by atoms with Crippen molar-refractivity contribution in [1.29, 1.82) is 0 Å². The average Bonchev–Trinajstić information content (AvgIpc) is 2.79. The third kappa shape index (κ3) is 2.09. The van der Waals surface area contributed by atoms with Gasteiger partial charge in [-0.05, 0) is 31.0 Å². The van der Waals surface area contributed by atoms with Gasteiger partial charge < -0.3 is 4.90 Å². The second kappa shape index (κ2) is 4.38. The van der Waals surface area contributed by atoms with Gasteiger partial charge in [0.2, 0.25) is 5.28 Å². The van der Waals surface area contributed by atoms with Crippen molar-refractivity contribution in [1.82, 2.24) is 14.9 Å². The van der Waals surface area contributed by atoms with E-state index < -0.39 is 0 Å². The summed E-state index contributed by atoms with van der Waals surface area (Å²) in [4.78, 5) is 12.1. The number of fused-ring (bicyclic) bond motifs is 1. The van der Waals surface area contributed by atoms with Crippen LogP contribution in [0.3, 0.4) is 0 Å². The number of anilines is 1. The summed E-state index contributed by atoms with van der Waals surface area (Å²) in [6, 6.07) is 0.539. The lowest BCUT2D eigenvalue weighted by Gasteiger charge is -2.38. The summed E-state index contributed by atoms with van der Waals surface area (Å²) in [6.45, 7) is 3.79. The van der Waals surface area contributed by atoms with Crippen LogP contribution < -0.4 is 4.90 Å². The molecule has 2 aliphatic heterocycles. The number of hydrogen-bond donors (Lipinski definition) is 0. The van der Waals surface area contributed by atoms with Gasteiger partial charge in [0.15, 0.2) is 11.6 Å². The summed E-state index contributed by atoms with van der Waals surface area (Å²) < 4.78 is 13.7. The van der Waals surface area contributed by atoms with E-state index in [0.29, 0.717) is 11.9 Å². The molecular weight excluding hydrogens is 243 g/mol. The lowest BCUT2D eigenvalue weighted by atomic mass is 10.1. The van der Waals surface area contributed by atoms with E-state index in [1.165, 1.54) is 19.4 Å². The average molecular weight is 257 g/mol. The Morgan fingerprint density at radius 1 is 1.35 bits per heavy atom. The first-order valence-corrected chi connectivity index (χ1v) is 6.29. The number of nitrogens with zero attached hydrogens (tertiary/aromatic N) is 4. The van der Waals surface area contributed by atoms with Gasteiger partial charge in [-0.15, -0.1) is 0 Å². The molecule has 3 rings (SSSR count). The molecule has 0 amide bonds. The molecule has 2 aliphatic rings. The Balaban J connectivity index is 1.82. The zero-order chi connectivity index (χ0) is 11.8. The molecule has 1 aromatic rings. The van der Waals surface area contributed by atoms with Crippen LogP contribution in [0.5, 0.6) is 0 Å². The fourth-order valence-corrected chi connectivity index (χ4v) is 2.87. The second-order valence-corrected chi connectivity index (χ2v) is 4.93. The molecule has 0 aliphatic carbocycles. The van der Waals surface area contributed by atoms with E-state index in [1.54, 1.807) is 0 Å². The summed E-state index contributed by atoms with van der Waals surface area (Å²) >= 11 is 5.72. The van der Waals surface area contributed by atoms with Crippen molar-refractivity contribution in [3.05, 3.63) is 17.3 Å². The van der Waals surface area contributed by atoms with Crippen LogP contribution in [0.4, 0.5) is 10.2 Å². The molecule has 92 valence electrons. The van der Waals surface area contributed by atoms with Crippen molar-refractivity contribution < 1.29 is 4.39 Å². The highest BCUT2D eigenvalue weighted by Gasteiger charge is 2.32.